The fraction of sp³-hybridized carbons (Fsp3) is 0.816. The third-order valence-electron chi connectivity index (χ3n) is 10.7. The van der Waals surface area contributed by atoms with E-state index >= 15 is 0 Å². The van der Waals surface area contributed by atoms with E-state index in [9.17, 15) is 20.1 Å². The quantitative estimate of drug-likeness (QED) is 0.0284. The highest BCUT2D eigenvalue weighted by Gasteiger charge is 2.26. The number of aliphatic hydroxyl groups is 3. The molecule has 0 aromatic rings. The molecule has 0 aliphatic carbocycles. The van der Waals surface area contributed by atoms with Crippen molar-refractivity contribution in [3.63, 3.8) is 0 Å². The summed E-state index contributed by atoms with van der Waals surface area (Å²) in [5.74, 6) is -0.163. The first-order chi connectivity index (χ1) is 26.6. The van der Waals surface area contributed by atoms with Crippen molar-refractivity contribution in [3.8, 4) is 0 Å². The zero-order valence-electron chi connectivity index (χ0n) is 35.8. The molecule has 0 saturated carbocycles. The molecular formula is C49H91NO4. The van der Waals surface area contributed by atoms with Gasteiger partial charge in [-0.05, 0) is 77.0 Å². The van der Waals surface area contributed by atoms with Crippen LogP contribution in [0.2, 0.25) is 0 Å². The summed E-state index contributed by atoms with van der Waals surface area (Å²) in [5, 5.41) is 33.6. The Hall–Kier alpha value is -1.69. The van der Waals surface area contributed by atoms with Crippen molar-refractivity contribution in [2.75, 3.05) is 6.61 Å². The summed E-state index contributed by atoms with van der Waals surface area (Å²) in [6.45, 7) is 4.14. The zero-order chi connectivity index (χ0) is 39.4. The van der Waals surface area contributed by atoms with E-state index in [4.69, 9.17) is 0 Å². The zero-order valence-corrected chi connectivity index (χ0v) is 35.8. The first kappa shape index (κ1) is 52.3. The Bertz CT molecular complexity index is 881. The summed E-state index contributed by atoms with van der Waals surface area (Å²) in [5.41, 5.74) is 0. The molecule has 3 atom stereocenters. The second kappa shape index (κ2) is 44.0. The number of hydrogen-bond acceptors (Lipinski definition) is 4. The summed E-state index contributed by atoms with van der Waals surface area (Å²) < 4.78 is 0. The van der Waals surface area contributed by atoms with Crippen LogP contribution >= 0.6 is 0 Å². The van der Waals surface area contributed by atoms with Crippen molar-refractivity contribution in [3.05, 3.63) is 48.6 Å². The molecule has 0 rings (SSSR count). The maximum Gasteiger partial charge on any atom is 0.220 e. The fourth-order valence-electron chi connectivity index (χ4n) is 6.99. The maximum absolute atomic E-state index is 12.4. The summed E-state index contributed by atoms with van der Waals surface area (Å²) in [6, 6.07) is -0.835. The van der Waals surface area contributed by atoms with Gasteiger partial charge in [0.25, 0.3) is 0 Å². The van der Waals surface area contributed by atoms with Gasteiger partial charge in [-0.2, -0.15) is 0 Å². The molecule has 0 fully saturated rings. The van der Waals surface area contributed by atoms with E-state index in [1.54, 1.807) is 0 Å². The largest absolute Gasteiger partial charge is 0.394 e. The number of allylic oxidation sites excluding steroid dienone is 8. The van der Waals surface area contributed by atoms with Crippen LogP contribution in [0, 0.1) is 0 Å². The number of unbranched alkanes of at least 4 members (excludes halogenated alkanes) is 27. The highest BCUT2D eigenvalue weighted by molar-refractivity contribution is 5.76. The molecule has 0 aromatic carbocycles. The van der Waals surface area contributed by atoms with E-state index in [2.05, 4.69) is 67.8 Å². The van der Waals surface area contributed by atoms with E-state index in [0.29, 0.717) is 12.8 Å². The minimum Gasteiger partial charge on any atom is -0.394 e. The van der Waals surface area contributed by atoms with Crippen molar-refractivity contribution in [1.29, 1.82) is 0 Å². The molecule has 0 bridgehead atoms. The standard InChI is InChI=1S/C49H91NO4/c1-3-5-7-9-11-13-15-17-19-21-23-24-26-27-29-31-33-35-37-39-41-43-47(52)49(54)46(45-51)50-48(53)44-42-40-38-36-34-32-30-28-25-22-20-18-16-14-12-10-8-6-4-2/h12,14,16,18,27,29,35,37,46-47,49,51-52,54H,3-11,13,15,17,19-26,28,30-34,36,38-45H2,1-2H3,(H,50,53)/b14-12-,18-16-,29-27+,37-35+. The monoisotopic (exact) mass is 758 g/mol. The highest BCUT2D eigenvalue weighted by Crippen LogP contribution is 2.15. The second-order valence-electron chi connectivity index (χ2n) is 16.0. The van der Waals surface area contributed by atoms with Crippen molar-refractivity contribution in [1.82, 2.24) is 5.32 Å². The van der Waals surface area contributed by atoms with Gasteiger partial charge < -0.3 is 20.6 Å². The van der Waals surface area contributed by atoms with Crippen LogP contribution in [-0.4, -0.2) is 46.1 Å². The second-order valence-corrected chi connectivity index (χ2v) is 16.0. The van der Waals surface area contributed by atoms with Gasteiger partial charge >= 0.3 is 0 Å². The number of hydrogen-bond donors (Lipinski definition) is 4. The minimum atomic E-state index is -1.17. The Balaban J connectivity index is 3.69. The minimum absolute atomic E-state index is 0.163. The predicted octanol–water partition coefficient (Wildman–Crippen LogP) is 13.7. The molecule has 3 unspecified atom stereocenters. The molecule has 0 aliphatic rings. The Labute approximate surface area is 336 Å². The van der Waals surface area contributed by atoms with E-state index in [0.717, 1.165) is 44.9 Å². The van der Waals surface area contributed by atoms with E-state index in [1.807, 2.05) is 0 Å². The van der Waals surface area contributed by atoms with Gasteiger partial charge in [-0.25, -0.2) is 0 Å². The van der Waals surface area contributed by atoms with Crippen LogP contribution in [0.3, 0.4) is 0 Å². The smallest absolute Gasteiger partial charge is 0.220 e. The SMILES string of the molecule is CCCCC/C=C\C=C/CCCCCCCCCCCCC(=O)NC(CO)C(O)C(O)CCC/C=C/CC/C=C/CCCCCCCCCCCCCC. The van der Waals surface area contributed by atoms with Gasteiger partial charge in [0.05, 0.1) is 18.8 Å². The van der Waals surface area contributed by atoms with Gasteiger partial charge in [0.15, 0.2) is 0 Å². The number of aliphatic hydroxyl groups excluding tert-OH is 3. The van der Waals surface area contributed by atoms with Crippen LogP contribution in [0.5, 0.6) is 0 Å². The fourth-order valence-corrected chi connectivity index (χ4v) is 6.99. The third kappa shape index (κ3) is 38.6. The van der Waals surface area contributed by atoms with Gasteiger partial charge in [0.1, 0.15) is 6.10 Å². The van der Waals surface area contributed by atoms with Gasteiger partial charge in [0, 0.05) is 6.42 Å². The number of amides is 1. The van der Waals surface area contributed by atoms with Crippen LogP contribution in [0.1, 0.15) is 232 Å². The Kier molecular flexibility index (Phi) is 42.7. The van der Waals surface area contributed by atoms with Gasteiger partial charge in [-0.1, -0.05) is 197 Å². The molecule has 0 radical (unpaired) electrons. The molecule has 0 saturated heterocycles. The van der Waals surface area contributed by atoms with Gasteiger partial charge in [-0.3, -0.25) is 4.79 Å². The molecule has 316 valence electrons. The highest BCUT2D eigenvalue weighted by atomic mass is 16.3. The Morgan fingerprint density at radius 3 is 1.28 bits per heavy atom. The third-order valence-corrected chi connectivity index (χ3v) is 10.7. The number of nitrogens with one attached hydrogen (secondary N) is 1. The number of carbonyl (C=O) groups is 1. The number of carbonyl (C=O) groups excluding carboxylic acids is 1. The van der Waals surface area contributed by atoms with Crippen LogP contribution in [0.4, 0.5) is 0 Å². The molecule has 0 spiro atoms. The lowest BCUT2D eigenvalue weighted by Crippen LogP contribution is -2.50. The van der Waals surface area contributed by atoms with Crippen molar-refractivity contribution in [2.45, 2.75) is 250 Å². The summed E-state index contributed by atoms with van der Waals surface area (Å²) in [6.07, 6.45) is 56.5. The van der Waals surface area contributed by atoms with E-state index < -0.39 is 18.2 Å². The lowest BCUT2D eigenvalue weighted by molar-refractivity contribution is -0.124. The van der Waals surface area contributed by atoms with E-state index in [-0.39, 0.29) is 12.5 Å². The lowest BCUT2D eigenvalue weighted by Gasteiger charge is -2.26. The summed E-state index contributed by atoms with van der Waals surface area (Å²) in [4.78, 5) is 12.4. The summed E-state index contributed by atoms with van der Waals surface area (Å²) >= 11 is 0. The molecule has 54 heavy (non-hydrogen) atoms. The first-order valence-corrected chi connectivity index (χ1v) is 23.4. The summed E-state index contributed by atoms with van der Waals surface area (Å²) in [7, 11) is 0. The van der Waals surface area contributed by atoms with Gasteiger partial charge in [0.2, 0.25) is 5.91 Å². The Morgan fingerprint density at radius 1 is 0.463 bits per heavy atom. The average Bonchev–Trinajstić information content (AvgIpc) is 3.18. The van der Waals surface area contributed by atoms with Crippen LogP contribution in [0.25, 0.3) is 0 Å². The van der Waals surface area contributed by atoms with Gasteiger partial charge in [-0.15, -0.1) is 0 Å². The van der Waals surface area contributed by atoms with Crippen LogP contribution < -0.4 is 5.32 Å². The first-order valence-electron chi connectivity index (χ1n) is 23.4. The Morgan fingerprint density at radius 2 is 0.815 bits per heavy atom. The van der Waals surface area contributed by atoms with E-state index in [1.165, 1.54) is 161 Å². The van der Waals surface area contributed by atoms with Crippen LogP contribution in [-0.2, 0) is 4.79 Å². The van der Waals surface area contributed by atoms with Crippen molar-refractivity contribution in [2.24, 2.45) is 0 Å². The molecule has 5 nitrogen and oxygen atoms in total. The predicted molar refractivity (Wildman–Crippen MR) is 236 cm³/mol. The van der Waals surface area contributed by atoms with Crippen molar-refractivity contribution < 1.29 is 20.1 Å². The van der Waals surface area contributed by atoms with Crippen molar-refractivity contribution >= 4 is 5.91 Å². The normalized spacial score (nSPS) is 13.9. The molecular weight excluding hydrogens is 667 g/mol. The molecule has 0 aromatic heterocycles. The average molecular weight is 758 g/mol. The molecule has 0 heterocycles. The topological polar surface area (TPSA) is 89.8 Å². The number of rotatable bonds is 42. The van der Waals surface area contributed by atoms with Crippen LogP contribution in [0.15, 0.2) is 48.6 Å². The maximum atomic E-state index is 12.4. The molecule has 1 amide bonds. The molecule has 0 aliphatic heterocycles. The molecule has 4 N–H and O–H groups in total. The lowest BCUT2D eigenvalue weighted by atomic mass is 10.0. The molecule has 5 heteroatoms.